The average Bonchev–Trinajstić information content (AvgIpc) is 2.49. The van der Waals surface area contributed by atoms with Gasteiger partial charge in [0.25, 0.3) is 0 Å². The van der Waals surface area contributed by atoms with Crippen molar-refractivity contribution in [1.82, 2.24) is 0 Å². The molecule has 0 fully saturated rings. The fourth-order valence-corrected chi connectivity index (χ4v) is 2.70. The highest BCUT2D eigenvalue weighted by molar-refractivity contribution is 14.1. The first-order chi connectivity index (χ1) is 10.9. The molecule has 2 aromatic rings. The van der Waals surface area contributed by atoms with Crippen molar-refractivity contribution in [1.29, 1.82) is 0 Å². The second kappa shape index (κ2) is 8.10. The Morgan fingerprint density at radius 2 is 1.87 bits per heavy atom. The molecular weight excluding hydrogens is 405 g/mol. The minimum absolute atomic E-state index is 0.0464. The number of amides is 1. The van der Waals surface area contributed by atoms with Crippen LogP contribution in [0.4, 0.5) is 5.69 Å². The van der Waals surface area contributed by atoms with Gasteiger partial charge in [-0.25, -0.2) is 0 Å². The summed E-state index contributed by atoms with van der Waals surface area (Å²) in [5.74, 6) is -1.98. The fourth-order valence-electron chi connectivity index (χ4n) is 2.34. The normalized spacial score (nSPS) is 11.7. The molecule has 4 nitrogen and oxygen atoms in total. The first-order valence-electron chi connectivity index (χ1n) is 7.28. The lowest BCUT2D eigenvalue weighted by Gasteiger charge is -2.13. The van der Waals surface area contributed by atoms with E-state index in [0.29, 0.717) is 12.1 Å². The van der Waals surface area contributed by atoms with Gasteiger partial charge in [0, 0.05) is 15.7 Å². The van der Waals surface area contributed by atoms with Crippen molar-refractivity contribution in [2.75, 3.05) is 5.32 Å². The Balaban J connectivity index is 1.99. The van der Waals surface area contributed by atoms with E-state index in [1.54, 1.807) is 12.1 Å². The van der Waals surface area contributed by atoms with Crippen LogP contribution in [0.2, 0.25) is 0 Å². The van der Waals surface area contributed by atoms with Crippen molar-refractivity contribution in [2.45, 2.75) is 19.8 Å². The molecule has 0 unspecified atom stereocenters. The van der Waals surface area contributed by atoms with Gasteiger partial charge >= 0.3 is 5.97 Å². The molecule has 1 amide bonds. The van der Waals surface area contributed by atoms with Crippen LogP contribution in [0.15, 0.2) is 48.5 Å². The summed E-state index contributed by atoms with van der Waals surface area (Å²) in [5.41, 5.74) is 2.68. The van der Waals surface area contributed by atoms with E-state index < -0.39 is 11.9 Å². The maximum absolute atomic E-state index is 12.1. The van der Waals surface area contributed by atoms with E-state index in [4.69, 9.17) is 0 Å². The minimum Gasteiger partial charge on any atom is -0.481 e. The Hall–Kier alpha value is -1.89. The number of rotatable bonds is 6. The molecule has 0 aliphatic rings. The number of halogens is 1. The standard InChI is InChI=1S/C18H18INO3/c1-12-3-2-4-13(9-12)10-14(18(22)23)11-17(21)20-16-7-5-15(19)6-8-16/h2-9,14H,10-11H2,1H3,(H,20,21)(H,22,23)/t14-/m1/s1. The quantitative estimate of drug-likeness (QED) is 0.694. The number of carboxylic acids is 1. The number of benzene rings is 2. The van der Waals surface area contributed by atoms with Gasteiger partial charge < -0.3 is 10.4 Å². The van der Waals surface area contributed by atoms with Gasteiger partial charge in [0.1, 0.15) is 0 Å². The number of aliphatic carboxylic acids is 1. The predicted octanol–water partition coefficient (Wildman–Crippen LogP) is 3.87. The molecule has 0 aliphatic carbocycles. The fraction of sp³-hybridized carbons (Fsp3) is 0.222. The lowest BCUT2D eigenvalue weighted by atomic mass is 9.95. The number of carbonyl (C=O) groups is 2. The summed E-state index contributed by atoms with van der Waals surface area (Å²) in [5, 5.41) is 12.1. The molecule has 0 radical (unpaired) electrons. The topological polar surface area (TPSA) is 66.4 Å². The van der Waals surface area contributed by atoms with Gasteiger partial charge in [-0.3, -0.25) is 9.59 Å². The third-order valence-electron chi connectivity index (χ3n) is 3.47. The number of carboxylic acid groups (broad SMARTS) is 1. The summed E-state index contributed by atoms with van der Waals surface area (Å²) < 4.78 is 1.07. The Morgan fingerprint density at radius 1 is 1.17 bits per heavy atom. The molecule has 0 aromatic heterocycles. The molecule has 5 heteroatoms. The van der Waals surface area contributed by atoms with E-state index in [-0.39, 0.29) is 12.3 Å². The SMILES string of the molecule is Cc1cccc(C[C@H](CC(=O)Nc2ccc(I)cc2)C(=O)O)c1. The van der Waals surface area contributed by atoms with E-state index in [2.05, 4.69) is 27.9 Å². The van der Waals surface area contributed by atoms with Crippen LogP contribution in [0.25, 0.3) is 0 Å². The van der Waals surface area contributed by atoms with E-state index >= 15 is 0 Å². The third-order valence-corrected chi connectivity index (χ3v) is 4.19. The Morgan fingerprint density at radius 3 is 2.48 bits per heavy atom. The maximum atomic E-state index is 12.1. The summed E-state index contributed by atoms with van der Waals surface area (Å²) in [6, 6.07) is 15.1. The maximum Gasteiger partial charge on any atom is 0.307 e. The first-order valence-corrected chi connectivity index (χ1v) is 8.35. The van der Waals surface area contributed by atoms with E-state index in [9.17, 15) is 14.7 Å². The van der Waals surface area contributed by atoms with Crippen LogP contribution < -0.4 is 5.32 Å². The first kappa shape index (κ1) is 17.5. The van der Waals surface area contributed by atoms with Crippen molar-refractivity contribution < 1.29 is 14.7 Å². The van der Waals surface area contributed by atoms with Crippen molar-refractivity contribution in [3.8, 4) is 0 Å². The van der Waals surface area contributed by atoms with E-state index in [0.717, 1.165) is 14.7 Å². The molecule has 0 aliphatic heterocycles. The zero-order chi connectivity index (χ0) is 16.8. The number of carbonyl (C=O) groups excluding carboxylic acids is 1. The lowest BCUT2D eigenvalue weighted by molar-refractivity contribution is -0.143. The Kier molecular flexibility index (Phi) is 6.15. The molecule has 23 heavy (non-hydrogen) atoms. The van der Waals surface area contributed by atoms with Crippen molar-refractivity contribution >= 4 is 40.2 Å². The van der Waals surface area contributed by atoms with Gasteiger partial charge in [0.2, 0.25) is 5.91 Å². The predicted molar refractivity (Wildman–Crippen MR) is 98.4 cm³/mol. The summed E-state index contributed by atoms with van der Waals surface area (Å²) in [6.07, 6.45) is 0.298. The minimum atomic E-state index is -0.954. The molecule has 2 rings (SSSR count). The summed E-state index contributed by atoms with van der Waals surface area (Å²) in [6.45, 7) is 1.96. The summed E-state index contributed by atoms with van der Waals surface area (Å²) in [7, 11) is 0. The van der Waals surface area contributed by atoms with E-state index in [1.165, 1.54) is 0 Å². The molecule has 0 spiro atoms. The van der Waals surface area contributed by atoms with Gasteiger partial charge in [-0.2, -0.15) is 0 Å². The molecule has 2 N–H and O–H groups in total. The number of aryl methyl sites for hydroxylation is 1. The largest absolute Gasteiger partial charge is 0.481 e. The van der Waals surface area contributed by atoms with Crippen molar-refractivity contribution in [3.63, 3.8) is 0 Å². The summed E-state index contributed by atoms with van der Waals surface area (Å²) >= 11 is 2.18. The van der Waals surface area contributed by atoms with Crippen LogP contribution in [0.3, 0.4) is 0 Å². The molecule has 0 saturated heterocycles. The number of anilines is 1. The molecular formula is C18H18INO3. The highest BCUT2D eigenvalue weighted by atomic mass is 127. The zero-order valence-electron chi connectivity index (χ0n) is 12.8. The van der Waals surface area contributed by atoms with Gasteiger partial charge in [0.05, 0.1) is 5.92 Å². The van der Waals surface area contributed by atoms with Crippen LogP contribution >= 0.6 is 22.6 Å². The van der Waals surface area contributed by atoms with Gasteiger partial charge in [-0.1, -0.05) is 29.8 Å². The Labute approximate surface area is 149 Å². The van der Waals surface area contributed by atoms with Crippen LogP contribution in [0.5, 0.6) is 0 Å². The molecule has 120 valence electrons. The summed E-state index contributed by atoms with van der Waals surface area (Å²) in [4.78, 5) is 23.5. The second-order valence-corrected chi connectivity index (χ2v) is 6.73. The van der Waals surface area contributed by atoms with Gasteiger partial charge in [-0.05, 0) is 65.8 Å². The zero-order valence-corrected chi connectivity index (χ0v) is 14.9. The van der Waals surface area contributed by atoms with Crippen molar-refractivity contribution in [3.05, 3.63) is 63.2 Å². The lowest BCUT2D eigenvalue weighted by Crippen LogP contribution is -2.24. The van der Waals surface area contributed by atoms with Crippen LogP contribution in [-0.2, 0) is 16.0 Å². The van der Waals surface area contributed by atoms with E-state index in [1.807, 2.05) is 43.3 Å². The molecule has 0 saturated carbocycles. The Bertz CT molecular complexity index is 698. The number of hydrogen-bond donors (Lipinski definition) is 2. The molecule has 0 bridgehead atoms. The van der Waals surface area contributed by atoms with Gasteiger partial charge in [0.15, 0.2) is 0 Å². The highest BCUT2D eigenvalue weighted by Crippen LogP contribution is 2.16. The molecule has 1 atom stereocenters. The highest BCUT2D eigenvalue weighted by Gasteiger charge is 2.21. The second-order valence-electron chi connectivity index (χ2n) is 5.49. The average molecular weight is 423 g/mol. The van der Waals surface area contributed by atoms with Crippen LogP contribution in [0, 0.1) is 16.4 Å². The molecule has 0 heterocycles. The monoisotopic (exact) mass is 423 g/mol. The smallest absolute Gasteiger partial charge is 0.307 e. The number of hydrogen-bond acceptors (Lipinski definition) is 2. The van der Waals surface area contributed by atoms with Crippen molar-refractivity contribution in [2.24, 2.45) is 5.92 Å². The van der Waals surface area contributed by atoms with Crippen LogP contribution in [-0.4, -0.2) is 17.0 Å². The number of nitrogens with one attached hydrogen (secondary N) is 1. The molecule has 2 aromatic carbocycles. The van der Waals surface area contributed by atoms with Crippen LogP contribution in [0.1, 0.15) is 17.5 Å². The van der Waals surface area contributed by atoms with Gasteiger partial charge in [-0.15, -0.1) is 0 Å². The third kappa shape index (κ3) is 5.67.